The first-order chi connectivity index (χ1) is 14.6. The lowest BCUT2D eigenvalue weighted by Gasteiger charge is -2.25. The molecule has 2 aromatic heterocycles. The van der Waals surface area contributed by atoms with E-state index in [0.717, 1.165) is 25.0 Å². The summed E-state index contributed by atoms with van der Waals surface area (Å²) in [5.74, 6) is 0.141. The van der Waals surface area contributed by atoms with Gasteiger partial charge in [0.15, 0.2) is 5.82 Å². The summed E-state index contributed by atoms with van der Waals surface area (Å²) in [5, 5.41) is 8.05. The maximum Gasteiger partial charge on any atom is 0.256 e. The Balaban J connectivity index is 1.37. The Morgan fingerprint density at radius 1 is 1.17 bits per heavy atom. The molecule has 0 spiro atoms. The van der Waals surface area contributed by atoms with E-state index < -0.39 is 5.82 Å². The summed E-state index contributed by atoms with van der Waals surface area (Å²) in [5.41, 5.74) is 1.28. The summed E-state index contributed by atoms with van der Waals surface area (Å²) in [4.78, 5) is 21.0. The van der Waals surface area contributed by atoms with Crippen LogP contribution in [0, 0.1) is 18.7 Å². The number of halogens is 1. The molecule has 4 heterocycles. The van der Waals surface area contributed by atoms with Gasteiger partial charge in [0.1, 0.15) is 5.69 Å². The second-order valence-electron chi connectivity index (χ2n) is 7.89. The van der Waals surface area contributed by atoms with E-state index in [0.29, 0.717) is 12.5 Å². The van der Waals surface area contributed by atoms with Gasteiger partial charge < -0.3 is 9.64 Å². The minimum absolute atomic E-state index is 0.0778. The molecular weight excluding hydrogens is 385 g/mol. The highest BCUT2D eigenvalue weighted by Gasteiger charge is 2.49. The largest absolute Gasteiger partial charge is 0.477 e. The molecule has 0 aliphatic carbocycles. The Morgan fingerprint density at radius 2 is 1.97 bits per heavy atom. The van der Waals surface area contributed by atoms with Crippen LogP contribution in [0.15, 0.2) is 48.8 Å². The molecule has 2 fully saturated rings. The highest BCUT2D eigenvalue weighted by Crippen LogP contribution is 2.43. The third kappa shape index (κ3) is 3.22. The predicted octanol–water partition coefficient (Wildman–Crippen LogP) is 3.18. The Bertz CT molecular complexity index is 1070. The molecule has 3 unspecified atom stereocenters. The molecule has 0 radical (unpaired) electrons. The van der Waals surface area contributed by atoms with Crippen molar-refractivity contribution in [1.82, 2.24) is 24.9 Å². The standard InChI is InChI=1S/C22H22FN5O2/c1-14-4-2-7-20(26-14)30-13-15-12-16-8-9-19(15)27(16)22(29)17-5-3-6-18(23)21(17)28-24-10-11-25-28/h2-7,10-11,15-16,19H,8-9,12-13H2,1H3. The van der Waals surface area contributed by atoms with Crippen LogP contribution in [0.1, 0.15) is 35.3 Å². The average Bonchev–Trinajstić information content (AvgIpc) is 3.48. The molecule has 1 aromatic carbocycles. The van der Waals surface area contributed by atoms with Crippen LogP contribution < -0.4 is 4.74 Å². The Morgan fingerprint density at radius 3 is 2.77 bits per heavy atom. The van der Waals surface area contributed by atoms with Crippen LogP contribution in [0.3, 0.4) is 0 Å². The maximum absolute atomic E-state index is 14.6. The number of ether oxygens (including phenoxy) is 1. The number of para-hydroxylation sites is 1. The molecule has 8 heteroatoms. The van der Waals surface area contributed by atoms with Crippen LogP contribution >= 0.6 is 0 Å². The summed E-state index contributed by atoms with van der Waals surface area (Å²) in [6.45, 7) is 2.44. The summed E-state index contributed by atoms with van der Waals surface area (Å²) in [6, 6.07) is 10.4. The lowest BCUT2D eigenvalue weighted by atomic mass is 9.90. The topological polar surface area (TPSA) is 73.1 Å². The van der Waals surface area contributed by atoms with E-state index in [-0.39, 0.29) is 35.2 Å². The second kappa shape index (κ2) is 7.51. The van der Waals surface area contributed by atoms with Gasteiger partial charge in [-0.25, -0.2) is 9.37 Å². The number of aryl methyl sites for hydroxylation is 1. The number of benzene rings is 1. The first kappa shape index (κ1) is 18.7. The summed E-state index contributed by atoms with van der Waals surface area (Å²) in [6.07, 6.45) is 5.70. The van der Waals surface area contributed by atoms with Crippen molar-refractivity contribution in [3.05, 3.63) is 65.9 Å². The van der Waals surface area contributed by atoms with Crippen molar-refractivity contribution >= 4 is 5.91 Å². The van der Waals surface area contributed by atoms with E-state index in [9.17, 15) is 9.18 Å². The van der Waals surface area contributed by atoms with Crippen molar-refractivity contribution in [2.45, 2.75) is 38.3 Å². The van der Waals surface area contributed by atoms with E-state index in [1.54, 1.807) is 12.1 Å². The third-order valence-corrected chi connectivity index (χ3v) is 6.04. The smallest absolute Gasteiger partial charge is 0.256 e. The van der Waals surface area contributed by atoms with E-state index in [1.807, 2.05) is 30.0 Å². The molecule has 154 valence electrons. The van der Waals surface area contributed by atoms with Gasteiger partial charge in [0.25, 0.3) is 5.91 Å². The van der Waals surface area contributed by atoms with Crippen molar-refractivity contribution in [2.24, 2.45) is 5.92 Å². The summed E-state index contributed by atoms with van der Waals surface area (Å²) in [7, 11) is 0. The third-order valence-electron chi connectivity index (χ3n) is 6.04. The lowest BCUT2D eigenvalue weighted by Crippen LogP contribution is -2.38. The molecule has 0 N–H and O–H groups in total. The highest BCUT2D eigenvalue weighted by molar-refractivity contribution is 5.98. The molecule has 7 nitrogen and oxygen atoms in total. The number of carbonyl (C=O) groups is 1. The molecule has 3 aromatic rings. The van der Waals surface area contributed by atoms with E-state index in [1.165, 1.54) is 23.3 Å². The summed E-state index contributed by atoms with van der Waals surface area (Å²) >= 11 is 0. The minimum atomic E-state index is -0.519. The minimum Gasteiger partial charge on any atom is -0.477 e. The Hall–Kier alpha value is -3.29. The fourth-order valence-electron chi connectivity index (χ4n) is 4.76. The van der Waals surface area contributed by atoms with Gasteiger partial charge in [0.2, 0.25) is 5.88 Å². The molecular formula is C22H22FN5O2. The molecule has 2 saturated heterocycles. The van der Waals surface area contributed by atoms with E-state index in [2.05, 4.69) is 15.2 Å². The molecule has 3 atom stereocenters. The number of nitrogens with zero attached hydrogens (tertiary/aromatic N) is 5. The lowest BCUT2D eigenvalue weighted by molar-refractivity contribution is 0.0709. The monoisotopic (exact) mass is 407 g/mol. The van der Waals surface area contributed by atoms with E-state index >= 15 is 0 Å². The van der Waals surface area contributed by atoms with Gasteiger partial charge in [0.05, 0.1) is 24.6 Å². The van der Waals surface area contributed by atoms with Gasteiger partial charge in [-0.2, -0.15) is 10.2 Å². The van der Waals surface area contributed by atoms with Crippen LogP contribution in [0.25, 0.3) is 5.69 Å². The van der Waals surface area contributed by atoms with Crippen LogP contribution in [0.2, 0.25) is 0 Å². The molecule has 1 amide bonds. The summed E-state index contributed by atoms with van der Waals surface area (Å²) < 4.78 is 20.5. The van der Waals surface area contributed by atoms with Gasteiger partial charge >= 0.3 is 0 Å². The SMILES string of the molecule is Cc1cccc(OCC2CC3CCC2N3C(=O)c2cccc(F)c2-n2nccn2)n1. The number of hydrogen-bond donors (Lipinski definition) is 0. The number of aromatic nitrogens is 4. The van der Waals surface area contributed by atoms with Gasteiger partial charge in [0, 0.05) is 29.8 Å². The number of fused-ring (bicyclic) bond motifs is 2. The zero-order chi connectivity index (χ0) is 20.7. The number of carbonyl (C=O) groups excluding carboxylic acids is 1. The Labute approximate surface area is 173 Å². The van der Waals surface area contributed by atoms with Crippen molar-refractivity contribution in [3.63, 3.8) is 0 Å². The zero-order valence-electron chi connectivity index (χ0n) is 16.6. The molecule has 2 aliphatic heterocycles. The number of pyridine rings is 1. The van der Waals surface area contributed by atoms with Gasteiger partial charge in [-0.15, -0.1) is 4.80 Å². The fourth-order valence-corrected chi connectivity index (χ4v) is 4.76. The quantitative estimate of drug-likeness (QED) is 0.650. The normalized spacial score (nSPS) is 22.5. The van der Waals surface area contributed by atoms with Crippen molar-refractivity contribution in [1.29, 1.82) is 0 Å². The van der Waals surface area contributed by atoms with Crippen LogP contribution in [-0.2, 0) is 0 Å². The molecule has 5 rings (SSSR count). The van der Waals surface area contributed by atoms with Gasteiger partial charge in [-0.3, -0.25) is 4.79 Å². The fraction of sp³-hybridized carbons (Fsp3) is 0.364. The van der Waals surface area contributed by atoms with Crippen molar-refractivity contribution in [2.75, 3.05) is 6.61 Å². The Kier molecular flexibility index (Phi) is 4.69. The van der Waals surface area contributed by atoms with Crippen LogP contribution in [0.4, 0.5) is 4.39 Å². The van der Waals surface area contributed by atoms with Crippen molar-refractivity contribution < 1.29 is 13.9 Å². The average molecular weight is 407 g/mol. The molecule has 0 saturated carbocycles. The predicted molar refractivity (Wildman–Crippen MR) is 107 cm³/mol. The molecule has 2 bridgehead atoms. The van der Waals surface area contributed by atoms with Crippen LogP contribution in [0.5, 0.6) is 5.88 Å². The second-order valence-corrected chi connectivity index (χ2v) is 7.89. The van der Waals surface area contributed by atoms with Crippen molar-refractivity contribution in [3.8, 4) is 11.6 Å². The molecule has 30 heavy (non-hydrogen) atoms. The van der Waals surface area contributed by atoms with Gasteiger partial charge in [-0.1, -0.05) is 12.1 Å². The molecule has 2 aliphatic rings. The number of rotatable bonds is 5. The zero-order valence-corrected chi connectivity index (χ0v) is 16.6. The highest BCUT2D eigenvalue weighted by atomic mass is 19.1. The number of hydrogen-bond acceptors (Lipinski definition) is 5. The first-order valence-corrected chi connectivity index (χ1v) is 10.2. The number of amides is 1. The van der Waals surface area contributed by atoms with E-state index in [4.69, 9.17) is 4.74 Å². The van der Waals surface area contributed by atoms with Gasteiger partial charge in [-0.05, 0) is 44.4 Å². The maximum atomic E-state index is 14.6. The van der Waals surface area contributed by atoms with Crippen LogP contribution in [-0.4, -0.2) is 49.5 Å². The first-order valence-electron chi connectivity index (χ1n) is 10.2.